The van der Waals surface area contributed by atoms with E-state index in [1.54, 1.807) is 21.3 Å². The summed E-state index contributed by atoms with van der Waals surface area (Å²) in [5, 5.41) is 0. The minimum absolute atomic E-state index is 0.126. The van der Waals surface area contributed by atoms with E-state index in [4.69, 9.17) is 18.9 Å². The molecule has 1 aromatic rings. The lowest BCUT2D eigenvalue weighted by atomic mass is 10.0. The van der Waals surface area contributed by atoms with Gasteiger partial charge >= 0.3 is 0 Å². The van der Waals surface area contributed by atoms with Gasteiger partial charge in [0, 0.05) is 23.6 Å². The maximum absolute atomic E-state index is 5.70. The first kappa shape index (κ1) is 15.4. The zero-order chi connectivity index (χ0) is 14.5. The van der Waals surface area contributed by atoms with Gasteiger partial charge in [-0.2, -0.15) is 0 Å². The summed E-state index contributed by atoms with van der Waals surface area (Å²) < 4.78 is 21.9. The molecule has 5 heteroatoms. The van der Waals surface area contributed by atoms with Gasteiger partial charge in [-0.3, -0.25) is 0 Å². The van der Waals surface area contributed by atoms with Crippen LogP contribution in [0.25, 0.3) is 0 Å². The molecule has 1 heterocycles. The van der Waals surface area contributed by atoms with Crippen LogP contribution in [0.5, 0.6) is 17.2 Å². The van der Waals surface area contributed by atoms with Gasteiger partial charge in [-0.05, 0) is 19.3 Å². The molecule has 1 aliphatic rings. The summed E-state index contributed by atoms with van der Waals surface area (Å²) in [4.78, 5) is 0.126. The van der Waals surface area contributed by atoms with Crippen molar-refractivity contribution in [2.45, 2.75) is 30.2 Å². The van der Waals surface area contributed by atoms with Gasteiger partial charge < -0.3 is 18.9 Å². The third-order valence-corrected chi connectivity index (χ3v) is 4.39. The van der Waals surface area contributed by atoms with E-state index in [2.05, 4.69) is 15.9 Å². The number of ether oxygens (including phenoxy) is 4. The molecule has 1 aliphatic heterocycles. The SMILES string of the molecule is COc1cc(OC)c(C(Br)CC2CCCO2)c(OC)c1. The molecule has 0 saturated carbocycles. The minimum atomic E-state index is 0.126. The standard InChI is InChI=1S/C15H21BrO4/c1-17-11-8-13(18-2)15(14(9-11)19-3)12(16)7-10-5-4-6-20-10/h8-10,12H,4-7H2,1-3H3. The highest BCUT2D eigenvalue weighted by atomic mass is 79.9. The first-order valence-corrected chi connectivity index (χ1v) is 7.66. The van der Waals surface area contributed by atoms with E-state index in [9.17, 15) is 0 Å². The number of benzene rings is 1. The zero-order valence-electron chi connectivity index (χ0n) is 12.1. The van der Waals surface area contributed by atoms with Crippen molar-refractivity contribution >= 4 is 15.9 Å². The monoisotopic (exact) mass is 344 g/mol. The number of alkyl halides is 1. The second kappa shape index (κ2) is 7.18. The fourth-order valence-corrected chi connectivity index (χ4v) is 3.39. The Bertz CT molecular complexity index is 418. The van der Waals surface area contributed by atoms with Gasteiger partial charge in [-0.25, -0.2) is 0 Å². The summed E-state index contributed by atoms with van der Waals surface area (Å²) in [7, 11) is 4.94. The largest absolute Gasteiger partial charge is 0.496 e. The van der Waals surface area contributed by atoms with Gasteiger partial charge in [0.1, 0.15) is 17.2 Å². The van der Waals surface area contributed by atoms with Crippen LogP contribution in [0.1, 0.15) is 29.7 Å². The van der Waals surface area contributed by atoms with Gasteiger partial charge in [0.05, 0.1) is 33.0 Å². The van der Waals surface area contributed by atoms with Gasteiger partial charge in [0.15, 0.2) is 0 Å². The highest BCUT2D eigenvalue weighted by Gasteiger charge is 2.25. The fourth-order valence-electron chi connectivity index (χ4n) is 2.52. The lowest BCUT2D eigenvalue weighted by Crippen LogP contribution is -2.10. The Balaban J connectivity index is 2.27. The molecule has 1 aromatic carbocycles. The molecule has 1 saturated heterocycles. The van der Waals surface area contributed by atoms with Gasteiger partial charge in [0.2, 0.25) is 0 Å². The number of halogens is 1. The molecule has 0 amide bonds. The van der Waals surface area contributed by atoms with Crippen LogP contribution in [-0.4, -0.2) is 34.0 Å². The van der Waals surface area contributed by atoms with E-state index < -0.39 is 0 Å². The maximum Gasteiger partial charge on any atom is 0.130 e. The molecule has 0 bridgehead atoms. The number of rotatable bonds is 6. The molecule has 112 valence electrons. The Morgan fingerprint density at radius 3 is 2.30 bits per heavy atom. The molecule has 0 aliphatic carbocycles. The Hall–Kier alpha value is -0.940. The van der Waals surface area contributed by atoms with Crippen molar-refractivity contribution in [3.8, 4) is 17.2 Å². The Morgan fingerprint density at radius 2 is 1.85 bits per heavy atom. The summed E-state index contributed by atoms with van der Waals surface area (Å²) in [6, 6.07) is 3.75. The quantitative estimate of drug-likeness (QED) is 0.737. The average molecular weight is 345 g/mol. The van der Waals surface area contributed by atoms with Crippen molar-refractivity contribution in [1.82, 2.24) is 0 Å². The van der Waals surface area contributed by atoms with Crippen LogP contribution in [0, 0.1) is 0 Å². The van der Waals surface area contributed by atoms with Crippen LogP contribution in [-0.2, 0) is 4.74 Å². The molecule has 2 atom stereocenters. The second-order valence-electron chi connectivity index (χ2n) is 4.78. The highest BCUT2D eigenvalue weighted by Crippen LogP contribution is 2.44. The molecule has 0 radical (unpaired) electrons. The normalized spacial score (nSPS) is 19.7. The van der Waals surface area contributed by atoms with Crippen LogP contribution >= 0.6 is 15.9 Å². The van der Waals surface area contributed by atoms with Gasteiger partial charge in [0.25, 0.3) is 0 Å². The van der Waals surface area contributed by atoms with E-state index in [1.807, 2.05) is 12.1 Å². The van der Waals surface area contributed by atoms with Crippen molar-refractivity contribution in [3.63, 3.8) is 0 Å². The van der Waals surface area contributed by atoms with Crippen LogP contribution in [0.3, 0.4) is 0 Å². The van der Waals surface area contributed by atoms with Crippen molar-refractivity contribution in [1.29, 1.82) is 0 Å². The second-order valence-corrected chi connectivity index (χ2v) is 5.89. The van der Waals surface area contributed by atoms with Crippen LogP contribution in [0.4, 0.5) is 0 Å². The fraction of sp³-hybridized carbons (Fsp3) is 0.600. The molecular weight excluding hydrogens is 324 g/mol. The van der Waals surface area contributed by atoms with E-state index in [-0.39, 0.29) is 4.83 Å². The molecule has 1 fully saturated rings. The minimum Gasteiger partial charge on any atom is -0.496 e. The van der Waals surface area contributed by atoms with E-state index >= 15 is 0 Å². The van der Waals surface area contributed by atoms with Crippen LogP contribution in [0.15, 0.2) is 12.1 Å². The highest BCUT2D eigenvalue weighted by molar-refractivity contribution is 9.09. The average Bonchev–Trinajstić information content (AvgIpc) is 2.98. The lowest BCUT2D eigenvalue weighted by Gasteiger charge is -2.21. The summed E-state index contributed by atoms with van der Waals surface area (Å²) >= 11 is 3.75. The van der Waals surface area contributed by atoms with Crippen molar-refractivity contribution in [3.05, 3.63) is 17.7 Å². The van der Waals surface area contributed by atoms with Crippen molar-refractivity contribution in [2.24, 2.45) is 0 Å². The molecule has 0 spiro atoms. The van der Waals surface area contributed by atoms with Crippen LogP contribution < -0.4 is 14.2 Å². The molecular formula is C15H21BrO4. The molecule has 0 aromatic heterocycles. The summed E-state index contributed by atoms with van der Waals surface area (Å²) in [5.74, 6) is 2.25. The summed E-state index contributed by atoms with van der Waals surface area (Å²) in [6.45, 7) is 0.862. The maximum atomic E-state index is 5.70. The Kier molecular flexibility index (Phi) is 5.54. The van der Waals surface area contributed by atoms with Gasteiger partial charge in [-0.15, -0.1) is 0 Å². The topological polar surface area (TPSA) is 36.9 Å². The van der Waals surface area contributed by atoms with Crippen LogP contribution in [0.2, 0.25) is 0 Å². The molecule has 2 unspecified atom stereocenters. The molecule has 2 rings (SSSR count). The smallest absolute Gasteiger partial charge is 0.130 e. The lowest BCUT2D eigenvalue weighted by molar-refractivity contribution is 0.104. The third kappa shape index (κ3) is 3.38. The third-order valence-electron chi connectivity index (χ3n) is 3.56. The molecule has 4 nitrogen and oxygen atoms in total. The number of hydrogen-bond donors (Lipinski definition) is 0. The predicted octanol–water partition coefficient (Wildman–Crippen LogP) is 3.72. The Morgan fingerprint density at radius 1 is 1.20 bits per heavy atom. The van der Waals surface area contributed by atoms with Crippen molar-refractivity contribution in [2.75, 3.05) is 27.9 Å². The summed E-state index contributed by atoms with van der Waals surface area (Å²) in [6.07, 6.45) is 3.46. The van der Waals surface area contributed by atoms with Gasteiger partial charge in [-0.1, -0.05) is 15.9 Å². The molecule has 0 N–H and O–H groups in total. The first-order valence-electron chi connectivity index (χ1n) is 6.75. The Labute approximate surface area is 128 Å². The van der Waals surface area contributed by atoms with E-state index in [0.29, 0.717) is 6.10 Å². The van der Waals surface area contributed by atoms with E-state index in [1.165, 1.54) is 0 Å². The molecule has 20 heavy (non-hydrogen) atoms. The summed E-state index contributed by atoms with van der Waals surface area (Å²) in [5.41, 5.74) is 1.01. The van der Waals surface area contributed by atoms with E-state index in [0.717, 1.165) is 48.7 Å². The van der Waals surface area contributed by atoms with Crippen molar-refractivity contribution < 1.29 is 18.9 Å². The first-order chi connectivity index (χ1) is 9.69. The predicted molar refractivity (Wildman–Crippen MR) is 81.4 cm³/mol. The zero-order valence-corrected chi connectivity index (χ0v) is 13.7. The number of hydrogen-bond acceptors (Lipinski definition) is 4. The number of methoxy groups -OCH3 is 3.